The third-order valence-corrected chi connectivity index (χ3v) is 7.57. The van der Waals surface area contributed by atoms with Crippen molar-refractivity contribution >= 4 is 11.7 Å². The number of piperazine rings is 1. The number of carbonyl (C=O) groups excluding carboxylic acids is 1. The van der Waals surface area contributed by atoms with E-state index >= 15 is 0 Å². The van der Waals surface area contributed by atoms with Gasteiger partial charge in [0.2, 0.25) is 5.91 Å². The molecule has 1 aliphatic carbocycles. The van der Waals surface area contributed by atoms with Crippen molar-refractivity contribution in [3.05, 3.63) is 47.4 Å². The van der Waals surface area contributed by atoms with E-state index in [-0.39, 0.29) is 17.6 Å². The lowest BCUT2D eigenvalue weighted by Crippen LogP contribution is -2.51. The molecule has 1 amide bonds. The Kier molecular flexibility index (Phi) is 6.97. The zero-order valence-corrected chi connectivity index (χ0v) is 19.9. The summed E-state index contributed by atoms with van der Waals surface area (Å²) in [6.45, 7) is 7.29. The Morgan fingerprint density at radius 2 is 1.85 bits per heavy atom. The van der Waals surface area contributed by atoms with Gasteiger partial charge in [0.1, 0.15) is 17.9 Å². The molecule has 0 bridgehead atoms. The van der Waals surface area contributed by atoms with Crippen LogP contribution in [0.4, 0.5) is 5.82 Å². The van der Waals surface area contributed by atoms with Crippen LogP contribution in [-0.2, 0) is 16.0 Å². The first-order valence-electron chi connectivity index (χ1n) is 12.6. The van der Waals surface area contributed by atoms with E-state index in [2.05, 4.69) is 27.1 Å². The summed E-state index contributed by atoms with van der Waals surface area (Å²) < 4.78 is 5.47. The van der Waals surface area contributed by atoms with E-state index in [0.717, 1.165) is 63.4 Å². The van der Waals surface area contributed by atoms with E-state index in [9.17, 15) is 9.90 Å². The molecule has 2 aromatic rings. The number of aromatic hydroxyl groups is 1. The maximum atomic E-state index is 13.7. The van der Waals surface area contributed by atoms with Crippen LogP contribution in [0.1, 0.15) is 54.8 Å². The van der Waals surface area contributed by atoms with E-state index in [4.69, 9.17) is 4.74 Å². The largest absolute Gasteiger partial charge is 0.508 e. The first-order valence-corrected chi connectivity index (χ1v) is 12.6. The summed E-state index contributed by atoms with van der Waals surface area (Å²) in [5, 5.41) is 13.3. The van der Waals surface area contributed by atoms with E-state index < -0.39 is 0 Å². The van der Waals surface area contributed by atoms with Gasteiger partial charge in [-0.05, 0) is 49.3 Å². The summed E-state index contributed by atoms with van der Waals surface area (Å²) in [6.07, 6.45) is 5.78. The number of hydrogen-bond donors (Lipinski definition) is 2. The molecule has 5 rings (SSSR count). The monoisotopic (exact) mass is 465 g/mol. The van der Waals surface area contributed by atoms with Crippen molar-refractivity contribution < 1.29 is 14.6 Å². The number of amides is 1. The minimum absolute atomic E-state index is 0.145. The van der Waals surface area contributed by atoms with Crippen LogP contribution in [0.15, 0.2) is 30.6 Å². The number of nitrogens with zero attached hydrogens (tertiary/aromatic N) is 4. The van der Waals surface area contributed by atoms with Crippen molar-refractivity contribution in [1.29, 1.82) is 0 Å². The second-order valence-electron chi connectivity index (χ2n) is 9.75. The van der Waals surface area contributed by atoms with Gasteiger partial charge in [-0.15, -0.1) is 0 Å². The Labute approximate surface area is 201 Å². The average Bonchev–Trinajstić information content (AvgIpc) is 3.27. The molecule has 8 nitrogen and oxygen atoms in total. The van der Waals surface area contributed by atoms with Crippen LogP contribution in [-0.4, -0.2) is 77.9 Å². The third kappa shape index (κ3) is 4.88. The van der Waals surface area contributed by atoms with Gasteiger partial charge in [0.15, 0.2) is 0 Å². The van der Waals surface area contributed by atoms with Crippen molar-refractivity contribution in [2.75, 3.05) is 50.8 Å². The lowest BCUT2D eigenvalue weighted by Gasteiger charge is -2.38. The molecule has 2 fully saturated rings. The molecule has 2 atom stereocenters. The van der Waals surface area contributed by atoms with Gasteiger partial charge in [0.25, 0.3) is 0 Å². The minimum atomic E-state index is -0.279. The van der Waals surface area contributed by atoms with Gasteiger partial charge in [-0.3, -0.25) is 4.79 Å². The molecule has 3 heterocycles. The summed E-state index contributed by atoms with van der Waals surface area (Å²) in [5.74, 6) is 1.62. The minimum Gasteiger partial charge on any atom is -0.508 e. The summed E-state index contributed by atoms with van der Waals surface area (Å²) in [7, 11) is 0. The Hall–Kier alpha value is -2.71. The van der Waals surface area contributed by atoms with Gasteiger partial charge >= 0.3 is 0 Å². The highest BCUT2D eigenvalue weighted by Gasteiger charge is 2.32. The molecule has 0 saturated carbocycles. The van der Waals surface area contributed by atoms with Crippen molar-refractivity contribution in [2.45, 2.75) is 50.5 Å². The van der Waals surface area contributed by atoms with E-state index in [1.165, 1.54) is 11.3 Å². The lowest BCUT2D eigenvalue weighted by atomic mass is 9.96. The zero-order chi connectivity index (χ0) is 23.5. The number of carbonyl (C=O) groups is 1. The van der Waals surface area contributed by atoms with Crippen molar-refractivity contribution in [1.82, 2.24) is 20.2 Å². The number of ether oxygens (including phenoxy) is 1. The predicted octanol–water partition coefficient (Wildman–Crippen LogP) is 2.43. The smallest absolute Gasteiger partial charge is 0.231 e. The maximum absolute atomic E-state index is 13.7. The van der Waals surface area contributed by atoms with E-state index in [1.54, 1.807) is 18.5 Å². The predicted molar refractivity (Wildman–Crippen MR) is 130 cm³/mol. The molecule has 2 unspecified atom stereocenters. The molecule has 3 aliphatic rings. The molecule has 2 saturated heterocycles. The number of benzene rings is 1. The third-order valence-electron chi connectivity index (χ3n) is 7.57. The number of aryl methyl sites for hydroxylation is 1. The SMILES string of the molecule is CC1CCc2ncnc(N3CCN(C(=O)C(CNC4CCOCC4)c4ccc(O)cc4)CC3)c21. The standard InChI is InChI=1S/C26H35N5O3/c1-18-2-7-23-24(18)25(29-17-28-23)30-10-12-31(13-11-30)26(33)22(19-3-5-21(32)6-4-19)16-27-20-8-14-34-15-9-20/h3-6,17-18,20,22,27,32H,2,7-16H2,1H3. The van der Waals surface area contributed by atoms with Gasteiger partial charge < -0.3 is 25.0 Å². The van der Waals surface area contributed by atoms with Gasteiger partial charge in [0, 0.05) is 63.2 Å². The van der Waals surface area contributed by atoms with Crippen molar-refractivity contribution in [3.8, 4) is 5.75 Å². The molecule has 2 aliphatic heterocycles. The number of anilines is 1. The van der Waals surface area contributed by atoms with Crippen molar-refractivity contribution in [3.63, 3.8) is 0 Å². The second kappa shape index (κ2) is 10.3. The number of fused-ring (bicyclic) bond motifs is 1. The molecule has 1 aromatic carbocycles. The molecule has 8 heteroatoms. The van der Waals surface area contributed by atoms with Gasteiger partial charge in [-0.1, -0.05) is 19.1 Å². The fourth-order valence-corrected chi connectivity index (χ4v) is 5.47. The molecular weight excluding hydrogens is 430 g/mol. The number of aromatic nitrogens is 2. The highest BCUT2D eigenvalue weighted by Crippen LogP contribution is 2.37. The van der Waals surface area contributed by atoms with Crippen LogP contribution in [0.5, 0.6) is 5.75 Å². The molecule has 1 aromatic heterocycles. The Morgan fingerprint density at radius 3 is 2.59 bits per heavy atom. The molecule has 2 N–H and O–H groups in total. The Morgan fingerprint density at radius 1 is 1.12 bits per heavy atom. The highest BCUT2D eigenvalue weighted by atomic mass is 16.5. The van der Waals surface area contributed by atoms with Crippen LogP contribution in [0.2, 0.25) is 0 Å². The summed E-state index contributed by atoms with van der Waals surface area (Å²) in [4.78, 5) is 27.1. The Balaban J connectivity index is 1.27. The lowest BCUT2D eigenvalue weighted by molar-refractivity contribution is -0.133. The molecule has 0 radical (unpaired) electrons. The maximum Gasteiger partial charge on any atom is 0.231 e. The molecular formula is C26H35N5O3. The van der Waals surface area contributed by atoms with Gasteiger partial charge in [-0.25, -0.2) is 9.97 Å². The van der Waals surface area contributed by atoms with Crippen LogP contribution in [0.3, 0.4) is 0 Å². The summed E-state index contributed by atoms with van der Waals surface area (Å²) in [5.41, 5.74) is 3.42. The van der Waals surface area contributed by atoms with Crippen LogP contribution in [0.25, 0.3) is 0 Å². The van der Waals surface area contributed by atoms with Gasteiger partial charge in [0.05, 0.1) is 5.92 Å². The molecule has 182 valence electrons. The van der Waals surface area contributed by atoms with Crippen molar-refractivity contribution in [2.24, 2.45) is 0 Å². The topological polar surface area (TPSA) is 90.8 Å². The highest BCUT2D eigenvalue weighted by molar-refractivity contribution is 5.84. The molecule has 0 spiro atoms. The van der Waals surface area contributed by atoms with E-state index in [0.29, 0.717) is 31.6 Å². The Bertz CT molecular complexity index is 984. The average molecular weight is 466 g/mol. The first kappa shape index (κ1) is 23.1. The van der Waals surface area contributed by atoms with Crippen LogP contribution >= 0.6 is 0 Å². The number of phenolic OH excluding ortho intramolecular Hbond substituents is 1. The van der Waals surface area contributed by atoms with Gasteiger partial charge in [-0.2, -0.15) is 0 Å². The quantitative estimate of drug-likeness (QED) is 0.677. The number of phenols is 1. The summed E-state index contributed by atoms with van der Waals surface area (Å²) in [6, 6.07) is 7.44. The van der Waals surface area contributed by atoms with Crippen LogP contribution in [0, 0.1) is 0 Å². The summed E-state index contributed by atoms with van der Waals surface area (Å²) >= 11 is 0. The van der Waals surface area contributed by atoms with Crippen LogP contribution < -0.4 is 10.2 Å². The fourth-order valence-electron chi connectivity index (χ4n) is 5.47. The number of rotatable bonds is 6. The molecule has 34 heavy (non-hydrogen) atoms. The fraction of sp³-hybridized carbons (Fsp3) is 0.577. The number of hydrogen-bond acceptors (Lipinski definition) is 7. The zero-order valence-electron chi connectivity index (χ0n) is 19.9. The number of nitrogens with one attached hydrogen (secondary N) is 1. The first-order chi connectivity index (χ1) is 16.6. The normalized spacial score (nSPS) is 22.0. The second-order valence-corrected chi connectivity index (χ2v) is 9.75. The van der Waals surface area contributed by atoms with E-state index in [1.807, 2.05) is 17.0 Å².